The number of fused-ring (bicyclic) bond motifs is 4. The molecule has 0 saturated heterocycles. The van der Waals surface area contributed by atoms with Gasteiger partial charge in [-0.25, -0.2) is 4.52 Å². The molecule has 2 nitrogen and oxygen atoms in total. The van der Waals surface area contributed by atoms with Crippen molar-refractivity contribution in [3.05, 3.63) is 59.8 Å². The molecule has 2 aromatic carbocycles. The van der Waals surface area contributed by atoms with E-state index >= 15 is 0 Å². The van der Waals surface area contributed by atoms with Gasteiger partial charge in [0.1, 0.15) is 0 Å². The summed E-state index contributed by atoms with van der Waals surface area (Å²) in [7, 11) is 0. The van der Waals surface area contributed by atoms with Gasteiger partial charge in [0.05, 0.1) is 11.0 Å². The van der Waals surface area contributed by atoms with Gasteiger partial charge in [-0.3, -0.25) is 0 Å². The van der Waals surface area contributed by atoms with Gasteiger partial charge in [0.25, 0.3) is 0 Å². The van der Waals surface area contributed by atoms with E-state index in [2.05, 4.69) is 29.5 Å². The van der Waals surface area contributed by atoms with Crippen molar-refractivity contribution in [3.8, 4) is 0 Å². The topological polar surface area (TPSA) is 17.3 Å². The Labute approximate surface area is 108 Å². The molecule has 3 heteroatoms. The van der Waals surface area contributed by atoms with Crippen LogP contribution in [-0.4, -0.2) is 9.61 Å². The lowest BCUT2D eigenvalue weighted by Crippen LogP contribution is -1.85. The van der Waals surface area contributed by atoms with Crippen LogP contribution in [0.3, 0.4) is 0 Å². The third kappa shape index (κ3) is 1.33. The van der Waals surface area contributed by atoms with E-state index in [0.29, 0.717) is 0 Å². The van der Waals surface area contributed by atoms with Crippen LogP contribution in [0.2, 0.25) is 5.02 Å². The molecule has 0 unspecified atom stereocenters. The van der Waals surface area contributed by atoms with E-state index in [1.807, 2.05) is 34.8 Å². The minimum Gasteiger partial charge on any atom is -0.239 e. The standard InChI is InChI=1S/C15H9ClN2/c16-12-5-6-14-13(8-12)15-7-10-3-1-2-4-11(10)9-18(15)17-14/h1-9H. The molecule has 0 atom stereocenters. The molecule has 0 aliphatic heterocycles. The van der Waals surface area contributed by atoms with Crippen molar-refractivity contribution in [2.24, 2.45) is 0 Å². The van der Waals surface area contributed by atoms with E-state index in [1.165, 1.54) is 10.8 Å². The van der Waals surface area contributed by atoms with E-state index in [1.54, 1.807) is 0 Å². The predicted octanol–water partition coefficient (Wildman–Crippen LogP) is 4.29. The van der Waals surface area contributed by atoms with Crippen molar-refractivity contribution in [1.29, 1.82) is 0 Å². The summed E-state index contributed by atoms with van der Waals surface area (Å²) in [6.07, 6.45) is 2.05. The highest BCUT2D eigenvalue weighted by Gasteiger charge is 2.06. The average molecular weight is 253 g/mol. The van der Waals surface area contributed by atoms with Crippen LogP contribution in [0.5, 0.6) is 0 Å². The maximum atomic E-state index is 6.06. The summed E-state index contributed by atoms with van der Waals surface area (Å²) in [5, 5.41) is 8.80. The van der Waals surface area contributed by atoms with E-state index < -0.39 is 0 Å². The molecule has 0 N–H and O–H groups in total. The van der Waals surface area contributed by atoms with E-state index in [0.717, 1.165) is 21.4 Å². The summed E-state index contributed by atoms with van der Waals surface area (Å²) in [6, 6.07) is 16.2. The van der Waals surface area contributed by atoms with Crippen molar-refractivity contribution in [2.75, 3.05) is 0 Å². The van der Waals surface area contributed by atoms with Crippen LogP contribution in [0, 0.1) is 0 Å². The Hall–Kier alpha value is -2.06. The van der Waals surface area contributed by atoms with Gasteiger partial charge in [0, 0.05) is 22.0 Å². The number of benzene rings is 2. The second-order valence-electron chi connectivity index (χ2n) is 4.39. The quantitative estimate of drug-likeness (QED) is 0.456. The minimum atomic E-state index is 0.741. The van der Waals surface area contributed by atoms with E-state index in [4.69, 9.17) is 11.6 Å². The molecule has 0 bridgehead atoms. The first-order valence-electron chi connectivity index (χ1n) is 5.78. The highest BCUT2D eigenvalue weighted by molar-refractivity contribution is 6.31. The zero-order valence-electron chi connectivity index (χ0n) is 9.47. The molecule has 2 heterocycles. The van der Waals surface area contributed by atoms with Crippen LogP contribution in [0.1, 0.15) is 0 Å². The van der Waals surface area contributed by atoms with Crippen LogP contribution in [0.25, 0.3) is 27.2 Å². The molecule has 18 heavy (non-hydrogen) atoms. The van der Waals surface area contributed by atoms with Crippen LogP contribution in [-0.2, 0) is 0 Å². The average Bonchev–Trinajstić information content (AvgIpc) is 2.73. The summed E-state index contributed by atoms with van der Waals surface area (Å²) in [4.78, 5) is 0. The Morgan fingerprint density at radius 3 is 2.67 bits per heavy atom. The number of aromatic nitrogens is 2. The predicted molar refractivity (Wildman–Crippen MR) is 75.2 cm³/mol. The summed E-state index contributed by atoms with van der Waals surface area (Å²) in [5.41, 5.74) is 2.06. The van der Waals surface area contributed by atoms with Crippen molar-refractivity contribution in [3.63, 3.8) is 0 Å². The summed E-state index contributed by atoms with van der Waals surface area (Å²) in [5.74, 6) is 0. The second kappa shape index (κ2) is 3.47. The van der Waals surface area contributed by atoms with E-state index in [-0.39, 0.29) is 0 Å². The fourth-order valence-electron chi connectivity index (χ4n) is 2.38. The Kier molecular flexibility index (Phi) is 1.91. The molecule has 0 fully saturated rings. The fraction of sp³-hybridized carbons (Fsp3) is 0. The van der Waals surface area contributed by atoms with Crippen LogP contribution >= 0.6 is 11.6 Å². The maximum absolute atomic E-state index is 6.06. The summed E-state index contributed by atoms with van der Waals surface area (Å²) >= 11 is 6.06. The van der Waals surface area contributed by atoms with Gasteiger partial charge in [-0.05, 0) is 29.7 Å². The van der Waals surface area contributed by atoms with Gasteiger partial charge in [-0.15, -0.1) is 0 Å². The van der Waals surface area contributed by atoms with Crippen molar-refractivity contribution in [2.45, 2.75) is 0 Å². The van der Waals surface area contributed by atoms with Crippen molar-refractivity contribution in [1.82, 2.24) is 9.61 Å². The largest absolute Gasteiger partial charge is 0.239 e. The number of pyridine rings is 1. The number of rotatable bonds is 0. The van der Waals surface area contributed by atoms with Gasteiger partial charge in [0.2, 0.25) is 0 Å². The Bertz CT molecular complexity index is 893. The van der Waals surface area contributed by atoms with Crippen LogP contribution < -0.4 is 0 Å². The first-order chi connectivity index (χ1) is 8.81. The Morgan fingerprint density at radius 1 is 0.944 bits per heavy atom. The number of hydrogen-bond donors (Lipinski definition) is 0. The number of halogens is 1. The molecule has 0 radical (unpaired) electrons. The molecule has 2 aromatic heterocycles. The highest BCUT2D eigenvalue weighted by Crippen LogP contribution is 2.26. The molecule has 86 valence electrons. The Balaban J connectivity index is 2.25. The lowest BCUT2D eigenvalue weighted by molar-refractivity contribution is 0.991. The molecular weight excluding hydrogens is 244 g/mol. The van der Waals surface area contributed by atoms with Crippen molar-refractivity contribution >= 4 is 38.8 Å². The lowest BCUT2D eigenvalue weighted by atomic mass is 10.1. The van der Waals surface area contributed by atoms with Gasteiger partial charge >= 0.3 is 0 Å². The third-order valence-electron chi connectivity index (χ3n) is 3.25. The smallest absolute Gasteiger partial charge is 0.0935 e. The monoisotopic (exact) mass is 252 g/mol. The summed E-state index contributed by atoms with van der Waals surface area (Å²) < 4.78 is 1.92. The molecule has 0 spiro atoms. The summed E-state index contributed by atoms with van der Waals surface area (Å²) in [6.45, 7) is 0. The zero-order chi connectivity index (χ0) is 12.1. The normalized spacial score (nSPS) is 11.6. The maximum Gasteiger partial charge on any atom is 0.0935 e. The molecular formula is C15H9ClN2. The highest BCUT2D eigenvalue weighted by atomic mass is 35.5. The number of hydrogen-bond acceptors (Lipinski definition) is 1. The van der Waals surface area contributed by atoms with Gasteiger partial charge in [0.15, 0.2) is 0 Å². The molecule has 0 aliphatic rings. The first kappa shape index (κ1) is 9.92. The molecule has 0 aliphatic carbocycles. The minimum absolute atomic E-state index is 0.741. The first-order valence-corrected chi connectivity index (χ1v) is 6.15. The zero-order valence-corrected chi connectivity index (χ0v) is 10.2. The molecule has 4 rings (SSSR count). The molecule has 0 saturated carbocycles. The second-order valence-corrected chi connectivity index (χ2v) is 4.83. The Morgan fingerprint density at radius 2 is 1.78 bits per heavy atom. The number of nitrogens with zero attached hydrogens (tertiary/aromatic N) is 2. The third-order valence-corrected chi connectivity index (χ3v) is 3.48. The molecule has 4 aromatic rings. The van der Waals surface area contributed by atoms with Crippen LogP contribution in [0.4, 0.5) is 0 Å². The van der Waals surface area contributed by atoms with Gasteiger partial charge in [-0.1, -0.05) is 35.9 Å². The lowest BCUT2D eigenvalue weighted by Gasteiger charge is -1.99. The SMILES string of the molecule is Clc1ccc2nn3cc4ccccc4cc3c2c1. The van der Waals surface area contributed by atoms with Crippen molar-refractivity contribution < 1.29 is 0 Å². The molecule has 0 amide bonds. The van der Waals surface area contributed by atoms with Crippen LogP contribution in [0.15, 0.2) is 54.7 Å². The fourth-order valence-corrected chi connectivity index (χ4v) is 2.55. The van der Waals surface area contributed by atoms with Gasteiger partial charge in [-0.2, -0.15) is 5.10 Å². The van der Waals surface area contributed by atoms with E-state index in [9.17, 15) is 0 Å². The van der Waals surface area contributed by atoms with Gasteiger partial charge < -0.3 is 0 Å².